The molecule has 3 nitrogen and oxygen atoms in total. The van der Waals surface area contributed by atoms with Crippen molar-refractivity contribution in [1.82, 2.24) is 4.98 Å². The van der Waals surface area contributed by atoms with Crippen molar-refractivity contribution in [2.75, 3.05) is 0 Å². The first-order valence-electron chi connectivity index (χ1n) is 7.96. The van der Waals surface area contributed by atoms with Crippen LogP contribution in [0.15, 0.2) is 60.7 Å². The molecular formula is C19H25NO2Si. The van der Waals surface area contributed by atoms with Crippen LogP contribution in [0.25, 0.3) is 0 Å². The molecule has 0 radical (unpaired) electrons. The van der Waals surface area contributed by atoms with Crippen molar-refractivity contribution in [2.45, 2.75) is 38.7 Å². The summed E-state index contributed by atoms with van der Waals surface area (Å²) in [6.07, 6.45) is 0.652. The van der Waals surface area contributed by atoms with Crippen LogP contribution < -0.4 is 4.98 Å². The van der Waals surface area contributed by atoms with Gasteiger partial charge in [-0.1, -0.05) is 80.3 Å². The molecule has 0 aliphatic carbocycles. The third-order valence-corrected chi connectivity index (χ3v) is 4.61. The van der Waals surface area contributed by atoms with Gasteiger partial charge < -0.3 is 9.72 Å². The molecule has 0 amide bonds. The van der Waals surface area contributed by atoms with Gasteiger partial charge in [-0.25, -0.2) is 0 Å². The van der Waals surface area contributed by atoms with E-state index in [9.17, 15) is 4.79 Å². The second-order valence-corrected chi connectivity index (χ2v) is 11.5. The molecule has 23 heavy (non-hydrogen) atoms. The van der Waals surface area contributed by atoms with Gasteiger partial charge in [0, 0.05) is 0 Å². The highest BCUT2D eigenvalue weighted by Crippen LogP contribution is 2.09. The minimum Gasteiger partial charge on any atom is -0.460 e. The minimum absolute atomic E-state index is 0.180. The molecule has 1 N–H and O–H groups in total. The summed E-state index contributed by atoms with van der Waals surface area (Å²) in [5.41, 5.74) is 2.15. The molecule has 0 aliphatic rings. The third-order valence-electron chi connectivity index (χ3n) is 3.40. The lowest BCUT2D eigenvalue weighted by Gasteiger charge is -2.26. The second-order valence-electron chi connectivity index (χ2n) is 6.73. The Bertz CT molecular complexity index is 608. The van der Waals surface area contributed by atoms with Crippen molar-refractivity contribution in [1.29, 1.82) is 0 Å². The summed E-state index contributed by atoms with van der Waals surface area (Å²) in [6.45, 7) is 6.89. The van der Waals surface area contributed by atoms with E-state index in [-0.39, 0.29) is 12.0 Å². The Kier molecular flexibility index (Phi) is 6.13. The van der Waals surface area contributed by atoms with Crippen LogP contribution in [0.5, 0.6) is 0 Å². The summed E-state index contributed by atoms with van der Waals surface area (Å²) in [5.74, 6) is -0.180. The number of hydrogen-bond donors (Lipinski definition) is 1. The minimum atomic E-state index is -1.60. The zero-order chi connectivity index (χ0) is 16.7. The Morgan fingerprint density at radius 3 is 2.00 bits per heavy atom. The molecule has 0 spiro atoms. The number of ether oxygens (including phenoxy) is 1. The van der Waals surface area contributed by atoms with Crippen LogP contribution in [0.3, 0.4) is 0 Å². The van der Waals surface area contributed by atoms with Crippen molar-refractivity contribution in [3.05, 3.63) is 71.8 Å². The van der Waals surface area contributed by atoms with Crippen LogP contribution in [0.4, 0.5) is 0 Å². The molecule has 0 bridgehead atoms. The highest BCUT2D eigenvalue weighted by molar-refractivity contribution is 6.73. The summed E-state index contributed by atoms with van der Waals surface area (Å²) in [7, 11) is -1.60. The van der Waals surface area contributed by atoms with Crippen LogP contribution in [0, 0.1) is 0 Å². The summed E-state index contributed by atoms with van der Waals surface area (Å²) < 4.78 is 5.53. The molecule has 0 saturated heterocycles. The van der Waals surface area contributed by atoms with E-state index in [1.807, 2.05) is 60.7 Å². The van der Waals surface area contributed by atoms with E-state index < -0.39 is 8.24 Å². The maximum absolute atomic E-state index is 12.5. The van der Waals surface area contributed by atoms with Gasteiger partial charge in [0.15, 0.2) is 0 Å². The Morgan fingerprint density at radius 1 is 0.957 bits per heavy atom. The highest BCUT2D eigenvalue weighted by atomic mass is 28.3. The SMILES string of the molecule is C[Si](C)(C)N[C@@H](Cc1ccccc1)C(=O)OCc1ccccc1. The topological polar surface area (TPSA) is 38.3 Å². The summed E-state index contributed by atoms with van der Waals surface area (Å²) in [5, 5.41) is 0. The quantitative estimate of drug-likeness (QED) is 0.621. The van der Waals surface area contributed by atoms with Gasteiger partial charge in [0.25, 0.3) is 0 Å². The first kappa shape index (κ1) is 17.4. The molecule has 2 aromatic carbocycles. The molecule has 0 unspecified atom stereocenters. The fourth-order valence-electron chi connectivity index (χ4n) is 2.40. The van der Waals surface area contributed by atoms with Crippen molar-refractivity contribution in [3.63, 3.8) is 0 Å². The smallest absolute Gasteiger partial charge is 0.323 e. The highest BCUT2D eigenvalue weighted by Gasteiger charge is 2.26. The van der Waals surface area contributed by atoms with E-state index in [0.29, 0.717) is 13.0 Å². The number of hydrogen-bond acceptors (Lipinski definition) is 3. The maximum atomic E-state index is 12.5. The van der Waals surface area contributed by atoms with E-state index in [1.54, 1.807) is 0 Å². The number of nitrogens with one attached hydrogen (secondary N) is 1. The zero-order valence-corrected chi connectivity index (χ0v) is 15.1. The van der Waals surface area contributed by atoms with E-state index in [1.165, 1.54) is 0 Å². The van der Waals surface area contributed by atoms with E-state index in [0.717, 1.165) is 11.1 Å². The van der Waals surface area contributed by atoms with Crippen LogP contribution in [-0.2, 0) is 22.6 Å². The zero-order valence-electron chi connectivity index (χ0n) is 14.1. The Hall–Kier alpha value is -1.91. The molecule has 0 saturated carbocycles. The van der Waals surface area contributed by atoms with Crippen molar-refractivity contribution in [2.24, 2.45) is 0 Å². The molecule has 122 valence electrons. The molecule has 0 aliphatic heterocycles. The lowest BCUT2D eigenvalue weighted by atomic mass is 10.1. The predicted octanol–water partition coefficient (Wildman–Crippen LogP) is 3.77. The summed E-state index contributed by atoms with van der Waals surface area (Å²) in [4.78, 5) is 16.0. The normalized spacial score (nSPS) is 12.7. The number of rotatable bonds is 7. The van der Waals surface area contributed by atoms with Gasteiger partial charge in [0.2, 0.25) is 0 Å². The van der Waals surface area contributed by atoms with E-state index >= 15 is 0 Å². The van der Waals surface area contributed by atoms with Crippen molar-refractivity contribution in [3.8, 4) is 0 Å². The molecule has 4 heteroatoms. The van der Waals surface area contributed by atoms with Gasteiger partial charge in [-0.2, -0.15) is 0 Å². The molecule has 2 aromatic rings. The summed E-state index contributed by atoms with van der Waals surface area (Å²) in [6, 6.07) is 19.5. The van der Waals surface area contributed by atoms with Crippen LogP contribution in [-0.4, -0.2) is 20.2 Å². The van der Waals surface area contributed by atoms with Gasteiger partial charge in [-0.05, 0) is 17.5 Å². The Morgan fingerprint density at radius 2 is 1.48 bits per heavy atom. The van der Waals surface area contributed by atoms with Gasteiger partial charge >= 0.3 is 5.97 Å². The molecule has 2 rings (SSSR count). The maximum Gasteiger partial charge on any atom is 0.323 e. The molecule has 1 atom stereocenters. The molecule has 0 aromatic heterocycles. The van der Waals surface area contributed by atoms with Crippen molar-refractivity contribution >= 4 is 14.2 Å². The summed E-state index contributed by atoms with van der Waals surface area (Å²) >= 11 is 0. The third kappa shape index (κ3) is 6.38. The first-order chi connectivity index (χ1) is 10.9. The fraction of sp³-hybridized carbons (Fsp3) is 0.316. The van der Waals surface area contributed by atoms with Crippen molar-refractivity contribution < 1.29 is 9.53 Å². The Balaban J connectivity index is 2.02. The monoisotopic (exact) mass is 327 g/mol. The number of benzene rings is 2. The van der Waals surface area contributed by atoms with Crippen LogP contribution in [0.2, 0.25) is 19.6 Å². The number of esters is 1. The second kappa shape index (κ2) is 8.08. The lowest BCUT2D eigenvalue weighted by Crippen LogP contribution is -2.52. The predicted molar refractivity (Wildman–Crippen MR) is 96.7 cm³/mol. The molecule has 0 fully saturated rings. The van der Waals surface area contributed by atoms with Gasteiger partial charge in [-0.15, -0.1) is 0 Å². The first-order valence-corrected chi connectivity index (χ1v) is 11.5. The molecular weight excluding hydrogens is 302 g/mol. The average molecular weight is 328 g/mol. The number of carbonyl (C=O) groups is 1. The largest absolute Gasteiger partial charge is 0.460 e. The van der Waals surface area contributed by atoms with E-state index in [2.05, 4.69) is 24.6 Å². The van der Waals surface area contributed by atoms with E-state index in [4.69, 9.17) is 4.74 Å². The van der Waals surface area contributed by atoms with Gasteiger partial charge in [0.1, 0.15) is 20.9 Å². The lowest BCUT2D eigenvalue weighted by molar-refractivity contribution is -0.147. The van der Waals surface area contributed by atoms with Gasteiger partial charge in [0.05, 0.1) is 0 Å². The Labute approximate surface area is 139 Å². The standard InChI is InChI=1S/C19H25NO2Si/c1-23(2,3)20-18(14-16-10-6-4-7-11-16)19(21)22-15-17-12-8-5-9-13-17/h4-13,18,20H,14-15H2,1-3H3/t18-/m0/s1. The van der Waals surface area contributed by atoms with Gasteiger partial charge in [-0.3, -0.25) is 4.79 Å². The average Bonchev–Trinajstić information content (AvgIpc) is 2.53. The van der Waals surface area contributed by atoms with Crippen LogP contribution in [0.1, 0.15) is 11.1 Å². The fourth-order valence-corrected chi connectivity index (χ4v) is 3.66. The molecule has 0 heterocycles. The number of carbonyl (C=O) groups excluding carboxylic acids is 1. The van der Waals surface area contributed by atoms with Crippen LogP contribution >= 0.6 is 0 Å².